The molecule has 54 valence electrons. The molecule has 0 spiro atoms. The molecule has 0 saturated heterocycles. The molecule has 0 heterocycles. The van der Waals surface area contributed by atoms with Crippen molar-refractivity contribution in [3.8, 4) is 0 Å². The third-order valence-electron chi connectivity index (χ3n) is 1.87. The highest BCUT2D eigenvalue weighted by molar-refractivity contribution is 5.87. The van der Waals surface area contributed by atoms with E-state index in [2.05, 4.69) is 0 Å². The lowest BCUT2D eigenvalue weighted by Gasteiger charge is -1.98. The maximum Gasteiger partial charge on any atom is 0.234 e. The molecule has 2 nitrogen and oxygen atoms in total. The average molecular weight is 146 g/mol. The molecule has 0 saturated carbocycles. The van der Waals surface area contributed by atoms with Gasteiger partial charge in [-0.05, 0) is 19.1 Å². The first kappa shape index (κ1) is 6.28. The third kappa shape index (κ3) is 0.664. The summed E-state index contributed by atoms with van der Waals surface area (Å²) in [5.41, 5.74) is 0.327. The van der Waals surface area contributed by atoms with Gasteiger partial charge in [0.05, 0.1) is 0 Å². The molecule has 2 heteroatoms. The third-order valence-corrected chi connectivity index (χ3v) is 1.87. The van der Waals surface area contributed by atoms with Crippen LogP contribution in [0.4, 0.5) is 0 Å². The van der Waals surface area contributed by atoms with E-state index >= 15 is 0 Å². The second kappa shape index (κ2) is 1.78. The van der Waals surface area contributed by atoms with Crippen LogP contribution in [0.25, 0.3) is 10.8 Å². The molecular formula is C9H6O2. The smallest absolute Gasteiger partial charge is 0.234 e. The summed E-state index contributed by atoms with van der Waals surface area (Å²) in [6, 6.07) is 5.29. The molecule has 0 aliphatic rings. The van der Waals surface area contributed by atoms with E-state index in [1.54, 1.807) is 12.1 Å². The topological polar surface area (TPSA) is 34.1 Å². The van der Waals surface area contributed by atoms with Gasteiger partial charge in [-0.1, -0.05) is 11.6 Å². The Morgan fingerprint density at radius 3 is 2.36 bits per heavy atom. The standard InChI is InChI=1S/C9H6O2/c1-5-2-3-6-7(4-5)9(11)8(6)10/h2-4H,1H3. The minimum Gasteiger partial charge on any atom is -0.285 e. The summed E-state index contributed by atoms with van der Waals surface area (Å²) in [6.45, 7) is 1.90. The molecule has 0 bridgehead atoms. The van der Waals surface area contributed by atoms with Crippen molar-refractivity contribution < 1.29 is 0 Å². The maximum atomic E-state index is 10.9. The minimum atomic E-state index is -0.347. The van der Waals surface area contributed by atoms with E-state index in [-0.39, 0.29) is 10.9 Å². The summed E-state index contributed by atoms with van der Waals surface area (Å²) in [5.74, 6) is 0. The summed E-state index contributed by atoms with van der Waals surface area (Å²) < 4.78 is 0. The summed E-state index contributed by atoms with van der Waals surface area (Å²) >= 11 is 0. The molecule has 0 radical (unpaired) electrons. The van der Waals surface area contributed by atoms with Crippen molar-refractivity contribution in [2.24, 2.45) is 0 Å². The van der Waals surface area contributed by atoms with Gasteiger partial charge < -0.3 is 0 Å². The van der Waals surface area contributed by atoms with Crippen molar-refractivity contribution in [1.29, 1.82) is 0 Å². The van der Waals surface area contributed by atoms with Gasteiger partial charge in [0, 0.05) is 10.8 Å². The molecule has 2 aromatic carbocycles. The molecular weight excluding hydrogens is 140 g/mol. The van der Waals surface area contributed by atoms with Gasteiger partial charge in [0.2, 0.25) is 10.9 Å². The fourth-order valence-electron chi connectivity index (χ4n) is 1.23. The number of aryl methyl sites for hydroxylation is 1. The second-order valence-corrected chi connectivity index (χ2v) is 2.71. The van der Waals surface area contributed by atoms with Crippen LogP contribution in [0.15, 0.2) is 27.8 Å². The highest BCUT2D eigenvalue weighted by atomic mass is 16.2. The van der Waals surface area contributed by atoms with Crippen LogP contribution in [-0.2, 0) is 0 Å². The Hall–Kier alpha value is -1.44. The predicted octanol–water partition coefficient (Wildman–Crippen LogP) is 0.744. The lowest BCUT2D eigenvalue weighted by Crippen LogP contribution is -2.30. The molecule has 2 rings (SSSR count). The quantitative estimate of drug-likeness (QED) is 0.514. The van der Waals surface area contributed by atoms with Gasteiger partial charge >= 0.3 is 0 Å². The van der Waals surface area contributed by atoms with Crippen LogP contribution in [0.1, 0.15) is 5.56 Å². The van der Waals surface area contributed by atoms with Crippen LogP contribution in [-0.4, -0.2) is 0 Å². The van der Waals surface area contributed by atoms with E-state index < -0.39 is 0 Å². The van der Waals surface area contributed by atoms with Crippen LogP contribution < -0.4 is 10.9 Å². The van der Waals surface area contributed by atoms with Gasteiger partial charge in [-0.25, -0.2) is 0 Å². The zero-order chi connectivity index (χ0) is 8.01. The van der Waals surface area contributed by atoms with Crippen LogP contribution in [0.3, 0.4) is 0 Å². The monoisotopic (exact) mass is 146 g/mol. The Morgan fingerprint density at radius 2 is 1.64 bits per heavy atom. The average Bonchev–Trinajstić information content (AvgIpc) is 2.03. The fourth-order valence-corrected chi connectivity index (χ4v) is 1.23. The lowest BCUT2D eigenvalue weighted by molar-refractivity contribution is 1.45. The first-order chi connectivity index (χ1) is 5.20. The second-order valence-electron chi connectivity index (χ2n) is 2.71. The summed E-state index contributed by atoms with van der Waals surface area (Å²) in [4.78, 5) is 21.7. The Labute approximate surface area is 62.8 Å². The number of hydrogen-bond acceptors (Lipinski definition) is 2. The van der Waals surface area contributed by atoms with Crippen LogP contribution in [0.2, 0.25) is 0 Å². The molecule has 0 amide bonds. The van der Waals surface area contributed by atoms with Gasteiger partial charge in [0.1, 0.15) is 0 Å². The summed E-state index contributed by atoms with van der Waals surface area (Å²) in [5, 5.41) is 1.15. The normalized spacial score (nSPS) is 11.0. The zero-order valence-corrected chi connectivity index (χ0v) is 6.05. The minimum absolute atomic E-state index is 0.344. The van der Waals surface area contributed by atoms with Crippen molar-refractivity contribution in [3.63, 3.8) is 0 Å². The molecule has 0 N–H and O–H groups in total. The maximum absolute atomic E-state index is 10.9. The van der Waals surface area contributed by atoms with Crippen LogP contribution >= 0.6 is 0 Å². The molecule has 2 aromatic rings. The molecule has 0 unspecified atom stereocenters. The summed E-state index contributed by atoms with van der Waals surface area (Å²) in [6.07, 6.45) is 0. The van der Waals surface area contributed by atoms with Crippen molar-refractivity contribution in [2.45, 2.75) is 6.92 Å². The zero-order valence-electron chi connectivity index (χ0n) is 6.05. The molecule has 0 fully saturated rings. The van der Waals surface area contributed by atoms with Crippen molar-refractivity contribution in [3.05, 3.63) is 44.2 Å². The molecule has 0 aliphatic carbocycles. The highest BCUT2D eigenvalue weighted by Crippen LogP contribution is 2.08. The van der Waals surface area contributed by atoms with E-state index in [9.17, 15) is 9.59 Å². The fraction of sp³-hybridized carbons (Fsp3) is 0.111. The molecule has 0 atom stereocenters. The van der Waals surface area contributed by atoms with Gasteiger partial charge in [-0.15, -0.1) is 0 Å². The number of rotatable bonds is 0. The van der Waals surface area contributed by atoms with Crippen LogP contribution in [0, 0.1) is 6.92 Å². The first-order valence-electron chi connectivity index (χ1n) is 3.40. The molecule has 0 aromatic heterocycles. The van der Waals surface area contributed by atoms with Crippen LogP contribution in [0.5, 0.6) is 0 Å². The first-order valence-corrected chi connectivity index (χ1v) is 3.40. The predicted molar refractivity (Wildman–Crippen MR) is 43.6 cm³/mol. The van der Waals surface area contributed by atoms with Crippen molar-refractivity contribution in [2.75, 3.05) is 0 Å². The Bertz CT molecular complexity index is 487. The van der Waals surface area contributed by atoms with E-state index in [1.165, 1.54) is 0 Å². The summed E-state index contributed by atoms with van der Waals surface area (Å²) in [7, 11) is 0. The number of benzene rings is 1. The molecule has 0 aliphatic heterocycles. The number of fused-ring (bicyclic) bond motifs is 1. The van der Waals surface area contributed by atoms with E-state index in [0.29, 0.717) is 10.8 Å². The van der Waals surface area contributed by atoms with Gasteiger partial charge in [-0.3, -0.25) is 9.59 Å². The van der Waals surface area contributed by atoms with E-state index in [0.717, 1.165) is 5.56 Å². The highest BCUT2D eigenvalue weighted by Gasteiger charge is 2.10. The lowest BCUT2D eigenvalue weighted by atomic mass is 10.0. The molecule has 11 heavy (non-hydrogen) atoms. The Kier molecular flexibility index (Phi) is 1.02. The Balaban J connectivity index is 2.99. The van der Waals surface area contributed by atoms with Gasteiger partial charge in [0.25, 0.3) is 0 Å². The Morgan fingerprint density at radius 1 is 1.00 bits per heavy atom. The van der Waals surface area contributed by atoms with Gasteiger partial charge in [0.15, 0.2) is 0 Å². The van der Waals surface area contributed by atoms with E-state index in [1.807, 2.05) is 13.0 Å². The largest absolute Gasteiger partial charge is 0.285 e. The van der Waals surface area contributed by atoms with E-state index in [4.69, 9.17) is 0 Å². The van der Waals surface area contributed by atoms with Crippen molar-refractivity contribution >= 4 is 10.8 Å². The SMILES string of the molecule is Cc1ccc2c(=O)c(=O)c2c1. The van der Waals surface area contributed by atoms with Gasteiger partial charge in [-0.2, -0.15) is 0 Å². The number of hydrogen-bond donors (Lipinski definition) is 0. The van der Waals surface area contributed by atoms with Crippen molar-refractivity contribution in [1.82, 2.24) is 0 Å².